The number of Topliss-reactive ketones (excluding diaryl/α,β-unsaturated/α-hetero) is 1. The molecule has 0 radical (unpaired) electrons. The van der Waals surface area contributed by atoms with E-state index in [2.05, 4.69) is 15.5 Å². The molecule has 10 heteroatoms. The summed E-state index contributed by atoms with van der Waals surface area (Å²) in [4.78, 5) is 24.7. The van der Waals surface area contributed by atoms with E-state index in [0.717, 1.165) is 0 Å². The monoisotopic (exact) mass is 435 g/mol. The van der Waals surface area contributed by atoms with Crippen molar-refractivity contribution in [3.63, 3.8) is 0 Å². The minimum Gasteiger partial charge on any atom is -0.497 e. The van der Waals surface area contributed by atoms with Crippen molar-refractivity contribution in [3.05, 3.63) is 35.4 Å². The van der Waals surface area contributed by atoms with E-state index >= 15 is 0 Å². The Balaban J connectivity index is 2.29. The number of nitrogens with zero attached hydrogens (tertiary/aromatic N) is 2. The molecule has 0 spiro atoms. The smallest absolute Gasteiger partial charge is 0.258 e. The van der Waals surface area contributed by atoms with Gasteiger partial charge in [0.25, 0.3) is 5.91 Å². The van der Waals surface area contributed by atoms with Crippen molar-refractivity contribution in [2.75, 3.05) is 33.8 Å². The third kappa shape index (κ3) is 5.60. The van der Waals surface area contributed by atoms with Crippen LogP contribution in [0.2, 0.25) is 5.02 Å². The molecule has 2 aromatic rings. The van der Waals surface area contributed by atoms with Crippen LogP contribution in [0.5, 0.6) is 23.0 Å². The van der Waals surface area contributed by atoms with Gasteiger partial charge in [-0.25, -0.2) is 0 Å². The van der Waals surface area contributed by atoms with Crippen LogP contribution in [0, 0.1) is 0 Å². The van der Waals surface area contributed by atoms with Crippen LogP contribution >= 0.6 is 11.6 Å². The molecule has 0 fully saturated rings. The van der Waals surface area contributed by atoms with Crippen molar-refractivity contribution in [2.24, 2.45) is 10.2 Å². The zero-order valence-corrected chi connectivity index (χ0v) is 17.9. The lowest BCUT2D eigenvalue weighted by molar-refractivity contribution is -0.126. The highest BCUT2D eigenvalue weighted by atomic mass is 35.5. The maximum Gasteiger partial charge on any atom is 0.258 e. The number of carbonyl (C=O) groups excluding carboxylic acids is 2. The van der Waals surface area contributed by atoms with Crippen molar-refractivity contribution >= 4 is 34.7 Å². The molecule has 1 N–H and O–H groups in total. The third-order valence-electron chi connectivity index (χ3n) is 3.99. The number of amides is 1. The second kappa shape index (κ2) is 10.4. The number of carbonyl (C=O) groups is 2. The van der Waals surface area contributed by atoms with Crippen LogP contribution in [-0.4, -0.2) is 46.2 Å². The second-order valence-corrected chi connectivity index (χ2v) is 6.38. The number of benzene rings is 2. The number of methoxy groups -OCH3 is 4. The fourth-order valence-electron chi connectivity index (χ4n) is 2.45. The first kappa shape index (κ1) is 23.0. The molecule has 1 amide bonds. The number of ketones is 1. The first-order valence-electron chi connectivity index (χ1n) is 8.69. The topological polar surface area (TPSA) is 108 Å². The van der Waals surface area contributed by atoms with Crippen LogP contribution in [0.4, 0.5) is 11.4 Å². The van der Waals surface area contributed by atoms with Gasteiger partial charge in [0.2, 0.25) is 6.04 Å². The van der Waals surface area contributed by atoms with E-state index < -0.39 is 17.7 Å². The SMILES string of the molecule is COc1cc(N=NC(C(C)=O)C(=O)Nc2cc(Cl)c(OC)cc2OC)cc(OC)c1. The van der Waals surface area contributed by atoms with E-state index in [1.54, 1.807) is 18.2 Å². The molecular formula is C20H22ClN3O6. The van der Waals surface area contributed by atoms with Crippen LogP contribution in [0.25, 0.3) is 0 Å². The highest BCUT2D eigenvalue weighted by Gasteiger charge is 2.25. The molecule has 0 aliphatic heterocycles. The van der Waals surface area contributed by atoms with Gasteiger partial charge in [-0.1, -0.05) is 11.6 Å². The Labute approximate surface area is 178 Å². The summed E-state index contributed by atoms with van der Waals surface area (Å²) in [7, 11) is 5.87. The highest BCUT2D eigenvalue weighted by molar-refractivity contribution is 6.32. The Bertz CT molecular complexity index is 942. The molecule has 160 valence electrons. The fraction of sp³-hybridized carbons (Fsp3) is 0.300. The summed E-state index contributed by atoms with van der Waals surface area (Å²) in [6.45, 7) is 1.24. The molecule has 1 unspecified atom stereocenters. The average molecular weight is 436 g/mol. The van der Waals surface area contributed by atoms with Crippen molar-refractivity contribution < 1.29 is 28.5 Å². The quantitative estimate of drug-likeness (QED) is 0.470. The fourth-order valence-corrected chi connectivity index (χ4v) is 2.69. The van der Waals surface area contributed by atoms with Gasteiger partial charge in [0.1, 0.15) is 23.0 Å². The van der Waals surface area contributed by atoms with Gasteiger partial charge in [-0.05, 0) is 13.0 Å². The van der Waals surface area contributed by atoms with Crippen molar-refractivity contribution in [3.8, 4) is 23.0 Å². The Morgan fingerprint density at radius 3 is 2.00 bits per heavy atom. The minimum absolute atomic E-state index is 0.262. The molecule has 0 aromatic heterocycles. The Morgan fingerprint density at radius 1 is 0.900 bits per heavy atom. The van der Waals surface area contributed by atoms with E-state index in [4.69, 9.17) is 30.5 Å². The molecule has 0 bridgehead atoms. The van der Waals surface area contributed by atoms with Crippen LogP contribution in [0.1, 0.15) is 6.92 Å². The molecular weight excluding hydrogens is 414 g/mol. The lowest BCUT2D eigenvalue weighted by Gasteiger charge is -2.14. The summed E-state index contributed by atoms with van der Waals surface area (Å²) in [6, 6.07) is 6.44. The number of hydrogen-bond acceptors (Lipinski definition) is 8. The third-order valence-corrected chi connectivity index (χ3v) is 4.29. The Hall–Kier alpha value is -3.33. The molecule has 0 aliphatic carbocycles. The van der Waals surface area contributed by atoms with Crippen LogP contribution in [-0.2, 0) is 9.59 Å². The summed E-state index contributed by atoms with van der Waals surface area (Å²) in [5, 5.41) is 10.8. The second-order valence-electron chi connectivity index (χ2n) is 5.98. The van der Waals surface area contributed by atoms with E-state index in [1.165, 1.54) is 47.5 Å². The van der Waals surface area contributed by atoms with Crippen molar-refractivity contribution in [1.29, 1.82) is 0 Å². The normalized spacial score (nSPS) is 11.7. The largest absolute Gasteiger partial charge is 0.497 e. The number of hydrogen-bond donors (Lipinski definition) is 1. The molecule has 30 heavy (non-hydrogen) atoms. The average Bonchev–Trinajstić information content (AvgIpc) is 2.73. The standard InChI is InChI=1S/C20H22ClN3O6/c1-11(25)19(24-23-12-6-13(27-2)8-14(7-12)28-3)20(26)22-16-9-15(21)17(29-4)10-18(16)30-5/h6-10,19H,1-5H3,(H,22,26). The number of ether oxygens (including phenoxy) is 4. The van der Waals surface area contributed by atoms with Gasteiger partial charge in [0.05, 0.1) is 44.8 Å². The van der Waals surface area contributed by atoms with Crippen molar-refractivity contribution in [1.82, 2.24) is 0 Å². The summed E-state index contributed by atoms with van der Waals surface area (Å²) in [5.41, 5.74) is 0.619. The lowest BCUT2D eigenvalue weighted by Crippen LogP contribution is -2.32. The summed E-state index contributed by atoms with van der Waals surface area (Å²) < 4.78 is 20.7. The van der Waals surface area contributed by atoms with Gasteiger partial charge < -0.3 is 24.3 Å². The van der Waals surface area contributed by atoms with E-state index in [0.29, 0.717) is 28.7 Å². The predicted molar refractivity (Wildman–Crippen MR) is 112 cm³/mol. The summed E-state index contributed by atoms with van der Waals surface area (Å²) in [6.07, 6.45) is 0. The Kier molecular flexibility index (Phi) is 7.99. The molecule has 2 rings (SSSR count). The van der Waals surface area contributed by atoms with Gasteiger partial charge in [-0.3, -0.25) is 9.59 Å². The number of nitrogens with one attached hydrogen (secondary N) is 1. The zero-order valence-electron chi connectivity index (χ0n) is 17.2. The van der Waals surface area contributed by atoms with Crippen LogP contribution < -0.4 is 24.3 Å². The molecule has 0 heterocycles. The van der Waals surface area contributed by atoms with Gasteiger partial charge >= 0.3 is 0 Å². The number of anilines is 1. The molecule has 0 aliphatic rings. The minimum atomic E-state index is -1.38. The van der Waals surface area contributed by atoms with Gasteiger partial charge in [-0.15, -0.1) is 0 Å². The molecule has 0 saturated heterocycles. The predicted octanol–water partition coefficient (Wildman–Crippen LogP) is 4.05. The van der Waals surface area contributed by atoms with Crippen LogP contribution in [0.3, 0.4) is 0 Å². The molecule has 0 saturated carbocycles. The van der Waals surface area contributed by atoms with Gasteiger partial charge in [0.15, 0.2) is 5.78 Å². The van der Waals surface area contributed by atoms with Crippen molar-refractivity contribution in [2.45, 2.75) is 13.0 Å². The number of rotatable bonds is 9. The zero-order chi connectivity index (χ0) is 22.3. The van der Waals surface area contributed by atoms with Gasteiger partial charge in [-0.2, -0.15) is 10.2 Å². The first-order valence-corrected chi connectivity index (χ1v) is 9.07. The van der Waals surface area contributed by atoms with Gasteiger partial charge in [0, 0.05) is 24.3 Å². The number of azo groups is 1. The lowest BCUT2D eigenvalue weighted by atomic mass is 10.2. The maximum atomic E-state index is 12.7. The summed E-state index contributed by atoms with van der Waals surface area (Å²) in [5.74, 6) is 0.475. The van der Waals surface area contributed by atoms with Crippen LogP contribution in [0.15, 0.2) is 40.6 Å². The molecule has 2 aromatic carbocycles. The van der Waals surface area contributed by atoms with E-state index in [1.807, 2.05) is 0 Å². The molecule has 1 atom stereocenters. The van der Waals surface area contributed by atoms with E-state index in [-0.39, 0.29) is 10.7 Å². The Morgan fingerprint density at radius 2 is 1.50 bits per heavy atom. The maximum absolute atomic E-state index is 12.7. The number of halogens is 1. The molecule has 9 nitrogen and oxygen atoms in total. The summed E-state index contributed by atoms with van der Waals surface area (Å²) >= 11 is 6.12. The van der Waals surface area contributed by atoms with E-state index in [9.17, 15) is 9.59 Å². The first-order chi connectivity index (χ1) is 14.3. The highest BCUT2D eigenvalue weighted by Crippen LogP contribution is 2.36.